The van der Waals surface area contributed by atoms with Crippen molar-refractivity contribution in [2.45, 2.75) is 12.8 Å². The molecule has 0 atom stereocenters. The van der Waals surface area contributed by atoms with Gasteiger partial charge in [0.05, 0.1) is 5.52 Å². The Morgan fingerprint density at radius 3 is 2.74 bits per heavy atom. The molecule has 6 nitrogen and oxygen atoms in total. The fourth-order valence-electron chi connectivity index (χ4n) is 2.36. The summed E-state index contributed by atoms with van der Waals surface area (Å²) in [7, 11) is 0. The van der Waals surface area contributed by atoms with Crippen LogP contribution in [0.4, 0.5) is 5.82 Å². The average molecular weight is 259 g/mol. The number of anilines is 1. The van der Waals surface area contributed by atoms with Gasteiger partial charge in [-0.1, -0.05) is 0 Å². The van der Waals surface area contributed by atoms with E-state index in [1.165, 1.54) is 6.20 Å². The molecular weight excluding hydrogens is 246 g/mol. The molecule has 1 aliphatic rings. The Balaban J connectivity index is 2.17. The molecule has 2 aromatic rings. The van der Waals surface area contributed by atoms with Gasteiger partial charge in [-0.15, -0.1) is 0 Å². The Morgan fingerprint density at radius 2 is 2.05 bits per heavy atom. The number of carboxylic acids is 1. The number of fused-ring (bicyclic) bond motifs is 1. The van der Waals surface area contributed by atoms with Gasteiger partial charge in [0.2, 0.25) is 5.43 Å². The van der Waals surface area contributed by atoms with Crippen LogP contribution >= 0.6 is 0 Å². The van der Waals surface area contributed by atoms with Crippen molar-refractivity contribution in [2.24, 2.45) is 0 Å². The number of nitrogens with zero attached hydrogens (tertiary/aromatic N) is 2. The van der Waals surface area contributed by atoms with Crippen LogP contribution in [0.25, 0.3) is 11.0 Å². The molecule has 3 rings (SSSR count). The number of pyridine rings is 2. The molecule has 1 aliphatic heterocycles. The molecule has 2 aromatic heterocycles. The summed E-state index contributed by atoms with van der Waals surface area (Å²) < 4.78 is 0. The van der Waals surface area contributed by atoms with E-state index in [1.807, 2.05) is 6.07 Å². The van der Waals surface area contributed by atoms with Gasteiger partial charge in [0.15, 0.2) is 0 Å². The second kappa shape index (κ2) is 4.38. The first kappa shape index (κ1) is 11.7. The number of carbonyl (C=O) groups is 1. The smallest absolute Gasteiger partial charge is 0.341 e. The Hall–Kier alpha value is -2.37. The van der Waals surface area contributed by atoms with E-state index in [9.17, 15) is 9.59 Å². The molecule has 98 valence electrons. The molecule has 1 saturated heterocycles. The van der Waals surface area contributed by atoms with E-state index in [2.05, 4.69) is 14.9 Å². The number of aromatic nitrogens is 2. The first-order valence-electron chi connectivity index (χ1n) is 6.17. The lowest BCUT2D eigenvalue weighted by molar-refractivity contribution is 0.0695. The minimum absolute atomic E-state index is 0.185. The minimum atomic E-state index is -1.24. The molecule has 0 aliphatic carbocycles. The lowest BCUT2D eigenvalue weighted by Gasteiger charge is -2.16. The second-order valence-electron chi connectivity index (χ2n) is 4.60. The van der Waals surface area contributed by atoms with Crippen molar-refractivity contribution < 1.29 is 9.90 Å². The standard InChI is InChI=1S/C13H13N3O3/c17-12-8(13(18)19)7-14-9-3-4-10(15-11(9)12)16-5-1-2-6-16/h3-4,7H,1-2,5-6H2,(H,14,17)(H,18,19). The molecule has 0 bridgehead atoms. The van der Waals surface area contributed by atoms with Crippen LogP contribution in [0, 0.1) is 0 Å². The van der Waals surface area contributed by atoms with Crippen molar-refractivity contribution in [1.82, 2.24) is 9.97 Å². The molecule has 0 radical (unpaired) electrons. The summed E-state index contributed by atoms with van der Waals surface area (Å²) >= 11 is 0. The van der Waals surface area contributed by atoms with Crippen molar-refractivity contribution in [3.8, 4) is 0 Å². The Kier molecular flexibility index (Phi) is 2.70. The highest BCUT2D eigenvalue weighted by atomic mass is 16.4. The lowest BCUT2D eigenvalue weighted by atomic mass is 10.2. The molecule has 0 unspecified atom stereocenters. The van der Waals surface area contributed by atoms with Crippen molar-refractivity contribution in [3.63, 3.8) is 0 Å². The van der Waals surface area contributed by atoms with Gasteiger partial charge >= 0.3 is 5.97 Å². The average Bonchev–Trinajstić information content (AvgIpc) is 2.92. The number of aromatic amines is 1. The quantitative estimate of drug-likeness (QED) is 0.846. The van der Waals surface area contributed by atoms with Gasteiger partial charge in [-0.2, -0.15) is 0 Å². The third-order valence-corrected chi connectivity index (χ3v) is 3.37. The Morgan fingerprint density at radius 1 is 1.32 bits per heavy atom. The Labute approximate surface area is 108 Å². The van der Waals surface area contributed by atoms with E-state index < -0.39 is 11.4 Å². The predicted molar refractivity (Wildman–Crippen MR) is 70.8 cm³/mol. The van der Waals surface area contributed by atoms with Crippen LogP contribution in [0.3, 0.4) is 0 Å². The molecule has 1 fully saturated rings. The van der Waals surface area contributed by atoms with Crippen molar-refractivity contribution in [3.05, 3.63) is 34.1 Å². The van der Waals surface area contributed by atoms with Crippen LogP contribution in [0.2, 0.25) is 0 Å². The van der Waals surface area contributed by atoms with Gasteiger partial charge in [0.25, 0.3) is 0 Å². The van der Waals surface area contributed by atoms with Crippen LogP contribution in [0.5, 0.6) is 0 Å². The summed E-state index contributed by atoms with van der Waals surface area (Å²) in [5, 5.41) is 8.95. The summed E-state index contributed by atoms with van der Waals surface area (Å²) in [6, 6.07) is 3.62. The van der Waals surface area contributed by atoms with Gasteiger partial charge in [-0.3, -0.25) is 4.79 Å². The van der Waals surface area contributed by atoms with Crippen LogP contribution < -0.4 is 10.3 Å². The number of aromatic carboxylic acids is 1. The summed E-state index contributed by atoms with van der Waals surface area (Å²) in [5.41, 5.74) is -0.0804. The monoisotopic (exact) mass is 259 g/mol. The fraction of sp³-hybridized carbons (Fsp3) is 0.308. The molecule has 0 spiro atoms. The zero-order valence-electron chi connectivity index (χ0n) is 10.2. The van der Waals surface area contributed by atoms with Crippen molar-refractivity contribution in [1.29, 1.82) is 0 Å². The maximum absolute atomic E-state index is 12.1. The molecule has 0 saturated carbocycles. The molecular formula is C13H13N3O3. The molecule has 3 heterocycles. The SMILES string of the molecule is O=C(O)c1c[nH]c2ccc(N3CCCC3)nc2c1=O. The fourth-order valence-corrected chi connectivity index (χ4v) is 2.36. The molecule has 0 aromatic carbocycles. The maximum atomic E-state index is 12.1. The van der Waals surface area contributed by atoms with Gasteiger partial charge in [-0.25, -0.2) is 9.78 Å². The van der Waals surface area contributed by atoms with Gasteiger partial charge in [0, 0.05) is 19.3 Å². The third-order valence-electron chi connectivity index (χ3n) is 3.37. The first-order chi connectivity index (χ1) is 9.16. The van der Waals surface area contributed by atoms with E-state index in [1.54, 1.807) is 6.07 Å². The summed E-state index contributed by atoms with van der Waals surface area (Å²) in [6.07, 6.45) is 3.45. The lowest BCUT2D eigenvalue weighted by Crippen LogP contribution is -2.21. The van der Waals surface area contributed by atoms with Gasteiger partial charge in [-0.05, 0) is 25.0 Å². The van der Waals surface area contributed by atoms with E-state index >= 15 is 0 Å². The number of rotatable bonds is 2. The highest BCUT2D eigenvalue weighted by Gasteiger charge is 2.16. The molecule has 19 heavy (non-hydrogen) atoms. The molecule has 2 N–H and O–H groups in total. The highest BCUT2D eigenvalue weighted by Crippen LogP contribution is 2.19. The summed E-state index contributed by atoms with van der Waals surface area (Å²) in [4.78, 5) is 32.2. The first-order valence-corrected chi connectivity index (χ1v) is 6.17. The molecule has 6 heteroatoms. The van der Waals surface area contributed by atoms with Crippen LogP contribution in [0.15, 0.2) is 23.1 Å². The topological polar surface area (TPSA) is 86.3 Å². The molecule has 0 amide bonds. The van der Waals surface area contributed by atoms with Crippen LogP contribution in [0.1, 0.15) is 23.2 Å². The minimum Gasteiger partial charge on any atom is -0.477 e. The predicted octanol–water partition coefficient (Wildman–Crippen LogP) is 1.22. The summed E-state index contributed by atoms with van der Waals surface area (Å²) in [5.74, 6) is -0.505. The number of nitrogens with one attached hydrogen (secondary N) is 1. The van der Waals surface area contributed by atoms with E-state index in [-0.39, 0.29) is 11.1 Å². The second-order valence-corrected chi connectivity index (χ2v) is 4.60. The van der Waals surface area contributed by atoms with Gasteiger partial charge in [0.1, 0.15) is 16.9 Å². The Bertz CT molecular complexity index is 702. The largest absolute Gasteiger partial charge is 0.477 e. The highest BCUT2D eigenvalue weighted by molar-refractivity contribution is 5.91. The van der Waals surface area contributed by atoms with Crippen molar-refractivity contribution in [2.75, 3.05) is 18.0 Å². The van der Waals surface area contributed by atoms with E-state index in [0.717, 1.165) is 31.7 Å². The normalized spacial score (nSPS) is 15.1. The number of H-pyrrole nitrogens is 1. The van der Waals surface area contributed by atoms with Crippen LogP contribution in [-0.4, -0.2) is 34.1 Å². The van der Waals surface area contributed by atoms with Crippen LogP contribution in [-0.2, 0) is 0 Å². The van der Waals surface area contributed by atoms with Gasteiger partial charge < -0.3 is 15.0 Å². The maximum Gasteiger partial charge on any atom is 0.341 e. The summed E-state index contributed by atoms with van der Waals surface area (Å²) in [6.45, 7) is 1.85. The number of carboxylic acid groups (broad SMARTS) is 1. The van der Waals surface area contributed by atoms with E-state index in [4.69, 9.17) is 5.11 Å². The number of hydrogen-bond acceptors (Lipinski definition) is 4. The third kappa shape index (κ3) is 1.95. The van der Waals surface area contributed by atoms with Crippen molar-refractivity contribution >= 4 is 22.8 Å². The van der Waals surface area contributed by atoms with E-state index in [0.29, 0.717) is 5.52 Å². The zero-order valence-corrected chi connectivity index (χ0v) is 10.2. The zero-order chi connectivity index (χ0) is 13.4. The number of hydrogen-bond donors (Lipinski definition) is 2.